The van der Waals surface area contributed by atoms with Crippen LogP contribution in [0.4, 0.5) is 0 Å². The van der Waals surface area contributed by atoms with Gasteiger partial charge in [-0.25, -0.2) is 0 Å². The van der Waals surface area contributed by atoms with Crippen molar-refractivity contribution < 1.29 is 9.59 Å². The minimum Gasteiger partial charge on any atom is -0.282 e. The first kappa shape index (κ1) is 7.98. The summed E-state index contributed by atoms with van der Waals surface area (Å²) in [5.74, 6) is -0.245. The Morgan fingerprint density at radius 1 is 1.55 bits per heavy atom. The van der Waals surface area contributed by atoms with E-state index in [2.05, 4.69) is 0 Å². The number of hydrogen-bond acceptors (Lipinski definition) is 2. The lowest BCUT2D eigenvalue weighted by Crippen LogP contribution is -2.34. The number of carbonyl (C=O) groups excluding carboxylic acids is 2. The first-order chi connectivity index (χ1) is 5.22. The summed E-state index contributed by atoms with van der Waals surface area (Å²) >= 11 is 0. The van der Waals surface area contributed by atoms with E-state index in [1.54, 1.807) is 0 Å². The summed E-state index contributed by atoms with van der Waals surface area (Å²) < 4.78 is 0. The average Bonchev–Trinajstić information content (AvgIpc) is 2.13. The molecule has 0 spiro atoms. The van der Waals surface area contributed by atoms with Gasteiger partial charge in [-0.1, -0.05) is 12.2 Å². The average molecular weight is 153 g/mol. The summed E-state index contributed by atoms with van der Waals surface area (Å²) in [4.78, 5) is 23.2. The van der Waals surface area contributed by atoms with E-state index >= 15 is 0 Å². The maximum absolute atomic E-state index is 11.1. The number of nitrogens with zero attached hydrogens (tertiary/aromatic N) is 1. The van der Waals surface area contributed by atoms with Gasteiger partial charge in [-0.2, -0.15) is 0 Å². The molecule has 1 aliphatic heterocycles. The van der Waals surface area contributed by atoms with Gasteiger partial charge in [-0.3, -0.25) is 14.5 Å². The second kappa shape index (κ2) is 3.32. The van der Waals surface area contributed by atoms with E-state index in [0.717, 1.165) is 6.42 Å². The predicted octanol–water partition coefficient (Wildman–Crippen LogP) is 0.712. The quantitative estimate of drug-likeness (QED) is 0.481. The van der Waals surface area contributed by atoms with Crippen molar-refractivity contribution in [3.63, 3.8) is 0 Å². The normalized spacial score (nSPS) is 18.3. The van der Waals surface area contributed by atoms with Crippen LogP contribution in [-0.2, 0) is 9.59 Å². The van der Waals surface area contributed by atoms with Crippen LogP contribution in [0.15, 0.2) is 12.2 Å². The van der Waals surface area contributed by atoms with Crippen molar-refractivity contribution in [2.45, 2.75) is 19.8 Å². The van der Waals surface area contributed by atoms with E-state index in [0.29, 0.717) is 13.0 Å². The number of imide groups is 1. The fourth-order valence-corrected chi connectivity index (χ4v) is 1.07. The van der Waals surface area contributed by atoms with Crippen molar-refractivity contribution in [1.82, 2.24) is 4.90 Å². The predicted molar refractivity (Wildman–Crippen MR) is 40.8 cm³/mol. The molecular formula is C8H11NO2. The number of hydrogen-bond donors (Lipinski definition) is 0. The highest BCUT2D eigenvalue weighted by molar-refractivity contribution is 5.94. The van der Waals surface area contributed by atoms with E-state index in [1.807, 2.05) is 12.2 Å². The summed E-state index contributed by atoms with van der Waals surface area (Å²) in [6, 6.07) is 0. The van der Waals surface area contributed by atoms with Crippen LogP contribution in [-0.4, -0.2) is 23.3 Å². The summed E-state index contributed by atoms with van der Waals surface area (Å²) in [6.07, 6.45) is 4.89. The zero-order valence-corrected chi connectivity index (χ0v) is 6.54. The molecule has 0 saturated heterocycles. The third-order valence-corrected chi connectivity index (χ3v) is 1.66. The Morgan fingerprint density at radius 2 is 2.27 bits per heavy atom. The van der Waals surface area contributed by atoms with Crippen LogP contribution in [0.2, 0.25) is 0 Å². The molecule has 2 amide bonds. The molecule has 0 aromatic carbocycles. The van der Waals surface area contributed by atoms with Gasteiger partial charge in [0.05, 0.1) is 0 Å². The van der Waals surface area contributed by atoms with Crippen LogP contribution in [0, 0.1) is 0 Å². The summed E-state index contributed by atoms with van der Waals surface area (Å²) in [7, 11) is 0. The third-order valence-electron chi connectivity index (χ3n) is 1.66. The highest BCUT2D eigenvalue weighted by Gasteiger charge is 2.16. The van der Waals surface area contributed by atoms with E-state index in [9.17, 15) is 9.59 Å². The standard InChI is InChI=1S/C8H11NO2/c1-7(10)9-6-4-2-3-5-8(9)11/h2-3H,4-6H2,1H3. The molecule has 1 rings (SSSR count). The summed E-state index contributed by atoms with van der Waals surface area (Å²) in [5.41, 5.74) is 0. The fourth-order valence-electron chi connectivity index (χ4n) is 1.07. The van der Waals surface area contributed by atoms with Crippen LogP contribution >= 0.6 is 0 Å². The van der Waals surface area contributed by atoms with Crippen molar-refractivity contribution in [2.75, 3.05) is 6.54 Å². The maximum Gasteiger partial charge on any atom is 0.232 e. The molecule has 0 unspecified atom stereocenters. The first-order valence-corrected chi connectivity index (χ1v) is 3.68. The van der Waals surface area contributed by atoms with Gasteiger partial charge < -0.3 is 0 Å². The molecule has 0 aromatic heterocycles. The molecule has 11 heavy (non-hydrogen) atoms. The minimum atomic E-state index is -0.154. The largest absolute Gasteiger partial charge is 0.282 e. The Balaban J connectivity index is 2.66. The van der Waals surface area contributed by atoms with Crippen LogP contribution < -0.4 is 0 Å². The SMILES string of the molecule is CC(=O)N1CCC=CCC1=O. The van der Waals surface area contributed by atoms with Gasteiger partial charge >= 0.3 is 0 Å². The molecule has 0 N–H and O–H groups in total. The lowest BCUT2D eigenvalue weighted by atomic mass is 10.3. The molecule has 0 saturated carbocycles. The van der Waals surface area contributed by atoms with Gasteiger partial charge in [0.1, 0.15) is 0 Å². The molecule has 3 nitrogen and oxygen atoms in total. The highest BCUT2D eigenvalue weighted by Crippen LogP contribution is 2.03. The van der Waals surface area contributed by atoms with Gasteiger partial charge in [0.2, 0.25) is 11.8 Å². The summed E-state index contributed by atoms with van der Waals surface area (Å²) in [6.45, 7) is 1.95. The highest BCUT2D eigenvalue weighted by atomic mass is 16.2. The number of rotatable bonds is 0. The van der Waals surface area contributed by atoms with Crippen molar-refractivity contribution >= 4 is 11.8 Å². The van der Waals surface area contributed by atoms with Crippen molar-refractivity contribution in [2.24, 2.45) is 0 Å². The Hall–Kier alpha value is -1.12. The van der Waals surface area contributed by atoms with Gasteiger partial charge in [0, 0.05) is 19.9 Å². The van der Waals surface area contributed by atoms with Crippen LogP contribution in [0.25, 0.3) is 0 Å². The third kappa shape index (κ3) is 1.90. The topological polar surface area (TPSA) is 37.4 Å². The second-order valence-electron chi connectivity index (χ2n) is 2.53. The molecule has 60 valence electrons. The fraction of sp³-hybridized carbons (Fsp3) is 0.500. The first-order valence-electron chi connectivity index (χ1n) is 3.68. The van der Waals surface area contributed by atoms with Crippen molar-refractivity contribution in [3.8, 4) is 0 Å². The van der Waals surface area contributed by atoms with Gasteiger partial charge in [0.25, 0.3) is 0 Å². The molecule has 0 radical (unpaired) electrons. The van der Waals surface area contributed by atoms with Crippen molar-refractivity contribution in [1.29, 1.82) is 0 Å². The Kier molecular flexibility index (Phi) is 2.41. The molecular weight excluding hydrogens is 142 g/mol. The zero-order chi connectivity index (χ0) is 8.27. The molecule has 0 aliphatic carbocycles. The second-order valence-corrected chi connectivity index (χ2v) is 2.53. The molecule has 0 aromatic rings. The van der Waals surface area contributed by atoms with Crippen LogP contribution in [0.1, 0.15) is 19.8 Å². The van der Waals surface area contributed by atoms with E-state index < -0.39 is 0 Å². The smallest absolute Gasteiger partial charge is 0.232 e. The number of amides is 2. The lowest BCUT2D eigenvalue weighted by Gasteiger charge is -2.15. The number of carbonyl (C=O) groups is 2. The van der Waals surface area contributed by atoms with Crippen molar-refractivity contribution in [3.05, 3.63) is 12.2 Å². The minimum absolute atomic E-state index is 0.0914. The molecule has 1 aliphatic rings. The zero-order valence-electron chi connectivity index (χ0n) is 6.54. The Labute approximate surface area is 65.7 Å². The molecule has 1 heterocycles. The van der Waals surface area contributed by atoms with Crippen LogP contribution in [0.5, 0.6) is 0 Å². The Bertz CT molecular complexity index is 208. The van der Waals surface area contributed by atoms with Gasteiger partial charge in [0.15, 0.2) is 0 Å². The van der Waals surface area contributed by atoms with E-state index in [1.165, 1.54) is 11.8 Å². The van der Waals surface area contributed by atoms with Crippen LogP contribution in [0.3, 0.4) is 0 Å². The monoisotopic (exact) mass is 153 g/mol. The summed E-state index contributed by atoms with van der Waals surface area (Å²) in [5, 5.41) is 0. The molecule has 0 atom stereocenters. The van der Waals surface area contributed by atoms with E-state index in [-0.39, 0.29) is 11.8 Å². The van der Waals surface area contributed by atoms with Gasteiger partial charge in [-0.05, 0) is 6.42 Å². The lowest BCUT2D eigenvalue weighted by molar-refractivity contribution is -0.142. The molecule has 0 fully saturated rings. The molecule has 3 heteroatoms. The van der Waals surface area contributed by atoms with Gasteiger partial charge in [-0.15, -0.1) is 0 Å². The maximum atomic E-state index is 11.1. The van der Waals surface area contributed by atoms with E-state index in [4.69, 9.17) is 0 Å². The molecule has 0 bridgehead atoms. The Morgan fingerprint density at radius 3 is 2.91 bits per heavy atom.